The molecule has 100 valence electrons. The smallest absolute Gasteiger partial charge is 0.251 e. The van der Waals surface area contributed by atoms with Gasteiger partial charge < -0.3 is 20.5 Å². The maximum Gasteiger partial charge on any atom is 0.251 e. The Morgan fingerprint density at radius 1 is 1.33 bits per heavy atom. The summed E-state index contributed by atoms with van der Waals surface area (Å²) in [5, 5.41) is 15.4. The highest BCUT2D eigenvalue weighted by Gasteiger charge is 2.06. The van der Waals surface area contributed by atoms with Crippen LogP contribution in [0.5, 0.6) is 5.75 Å². The van der Waals surface area contributed by atoms with Crippen molar-refractivity contribution in [2.24, 2.45) is 0 Å². The Balaban J connectivity index is 2.30. The van der Waals surface area contributed by atoms with Gasteiger partial charge in [-0.1, -0.05) is 6.07 Å². The molecular formula is C13H20N2O3. The van der Waals surface area contributed by atoms with Crippen LogP contribution in [0.1, 0.15) is 15.9 Å². The van der Waals surface area contributed by atoms with Crippen molar-refractivity contribution in [1.29, 1.82) is 0 Å². The van der Waals surface area contributed by atoms with Gasteiger partial charge in [-0.05, 0) is 24.6 Å². The van der Waals surface area contributed by atoms with Gasteiger partial charge in [0.15, 0.2) is 0 Å². The van der Waals surface area contributed by atoms with E-state index in [2.05, 4.69) is 10.6 Å². The molecular weight excluding hydrogens is 232 g/mol. The van der Waals surface area contributed by atoms with Crippen molar-refractivity contribution >= 4 is 5.91 Å². The molecule has 0 bridgehead atoms. The van der Waals surface area contributed by atoms with E-state index < -0.39 is 0 Å². The predicted octanol–water partition coefficient (Wildman–Crippen LogP) is 0.666. The van der Waals surface area contributed by atoms with Gasteiger partial charge in [0.05, 0.1) is 6.61 Å². The zero-order valence-corrected chi connectivity index (χ0v) is 10.8. The van der Waals surface area contributed by atoms with Crippen LogP contribution in [-0.2, 0) is 4.74 Å². The first-order valence-electron chi connectivity index (χ1n) is 5.92. The fourth-order valence-corrected chi connectivity index (χ4v) is 1.42. The molecule has 0 aromatic heterocycles. The summed E-state index contributed by atoms with van der Waals surface area (Å²) in [6.07, 6.45) is 0. The molecule has 0 atom stereocenters. The summed E-state index contributed by atoms with van der Waals surface area (Å²) in [6.45, 7) is 4.43. The van der Waals surface area contributed by atoms with Crippen LogP contribution >= 0.6 is 0 Å². The number of amides is 1. The Kier molecular flexibility index (Phi) is 6.18. The van der Waals surface area contributed by atoms with Gasteiger partial charge in [0.1, 0.15) is 5.75 Å². The van der Waals surface area contributed by atoms with E-state index in [1.54, 1.807) is 26.2 Å². The molecule has 5 nitrogen and oxygen atoms in total. The SMILES string of the molecule is COCCNCCNC(=O)c1ccc(C)c(O)c1. The van der Waals surface area contributed by atoms with E-state index in [1.165, 1.54) is 6.07 Å². The molecule has 0 aliphatic rings. The second-order valence-corrected chi connectivity index (χ2v) is 4.00. The topological polar surface area (TPSA) is 70.6 Å². The summed E-state index contributed by atoms with van der Waals surface area (Å²) in [5.74, 6) is -0.0419. The minimum atomic E-state index is -0.182. The molecule has 0 radical (unpaired) electrons. The summed E-state index contributed by atoms with van der Waals surface area (Å²) in [4.78, 5) is 11.7. The maximum absolute atomic E-state index is 11.7. The van der Waals surface area contributed by atoms with E-state index in [0.717, 1.165) is 12.1 Å². The maximum atomic E-state index is 11.7. The van der Waals surface area contributed by atoms with E-state index in [0.29, 0.717) is 25.3 Å². The molecule has 0 unspecified atom stereocenters. The predicted molar refractivity (Wildman–Crippen MR) is 69.9 cm³/mol. The third-order valence-corrected chi connectivity index (χ3v) is 2.54. The van der Waals surface area contributed by atoms with Crippen LogP contribution in [0.2, 0.25) is 0 Å². The molecule has 1 rings (SSSR count). The largest absolute Gasteiger partial charge is 0.508 e. The average molecular weight is 252 g/mol. The monoisotopic (exact) mass is 252 g/mol. The Morgan fingerprint density at radius 2 is 2.11 bits per heavy atom. The van der Waals surface area contributed by atoms with Crippen molar-refractivity contribution in [2.45, 2.75) is 6.92 Å². The molecule has 18 heavy (non-hydrogen) atoms. The van der Waals surface area contributed by atoms with Gasteiger partial charge in [-0.3, -0.25) is 4.79 Å². The zero-order chi connectivity index (χ0) is 13.4. The lowest BCUT2D eigenvalue weighted by Gasteiger charge is -2.07. The van der Waals surface area contributed by atoms with E-state index >= 15 is 0 Å². The number of aromatic hydroxyl groups is 1. The zero-order valence-electron chi connectivity index (χ0n) is 10.8. The highest BCUT2D eigenvalue weighted by molar-refractivity contribution is 5.94. The first-order chi connectivity index (χ1) is 8.65. The van der Waals surface area contributed by atoms with Gasteiger partial charge in [0.25, 0.3) is 5.91 Å². The van der Waals surface area contributed by atoms with Crippen molar-refractivity contribution in [2.75, 3.05) is 33.4 Å². The van der Waals surface area contributed by atoms with Gasteiger partial charge >= 0.3 is 0 Å². The number of phenolic OH excluding ortho intramolecular Hbond substituents is 1. The quantitative estimate of drug-likeness (QED) is 0.624. The standard InChI is InChI=1S/C13H20N2O3/c1-10-3-4-11(9-12(10)16)13(17)15-6-5-14-7-8-18-2/h3-4,9,14,16H,5-8H2,1-2H3,(H,15,17). The number of hydrogen-bond donors (Lipinski definition) is 3. The van der Waals surface area contributed by atoms with Crippen molar-refractivity contribution in [1.82, 2.24) is 10.6 Å². The lowest BCUT2D eigenvalue weighted by atomic mass is 10.1. The second kappa shape index (κ2) is 7.68. The Bertz CT molecular complexity index is 394. The summed E-state index contributed by atoms with van der Waals surface area (Å²) >= 11 is 0. The van der Waals surface area contributed by atoms with Gasteiger partial charge in [-0.15, -0.1) is 0 Å². The highest BCUT2D eigenvalue weighted by atomic mass is 16.5. The molecule has 0 heterocycles. The molecule has 1 amide bonds. The number of carbonyl (C=O) groups excluding carboxylic acids is 1. The number of rotatable bonds is 7. The van der Waals surface area contributed by atoms with E-state index in [-0.39, 0.29) is 11.7 Å². The summed E-state index contributed by atoms with van der Waals surface area (Å²) < 4.78 is 4.89. The minimum absolute atomic E-state index is 0.140. The van der Waals surface area contributed by atoms with Crippen molar-refractivity contribution in [3.8, 4) is 5.75 Å². The number of ether oxygens (including phenoxy) is 1. The van der Waals surface area contributed by atoms with Gasteiger partial charge in [0.2, 0.25) is 0 Å². The molecule has 1 aromatic rings. The molecule has 0 aliphatic heterocycles. The molecule has 5 heteroatoms. The first-order valence-corrected chi connectivity index (χ1v) is 5.92. The highest BCUT2D eigenvalue weighted by Crippen LogP contribution is 2.17. The number of hydrogen-bond acceptors (Lipinski definition) is 4. The Hall–Kier alpha value is -1.59. The molecule has 0 saturated heterocycles. The van der Waals surface area contributed by atoms with E-state index in [4.69, 9.17) is 4.74 Å². The van der Waals surface area contributed by atoms with Crippen LogP contribution in [0.15, 0.2) is 18.2 Å². The molecule has 0 spiro atoms. The van der Waals surface area contributed by atoms with Gasteiger partial charge in [-0.25, -0.2) is 0 Å². The Labute approximate surface area is 107 Å². The van der Waals surface area contributed by atoms with Gasteiger partial charge in [0, 0.05) is 32.3 Å². The van der Waals surface area contributed by atoms with Crippen LogP contribution in [0, 0.1) is 6.92 Å². The van der Waals surface area contributed by atoms with Crippen molar-refractivity contribution in [3.05, 3.63) is 29.3 Å². The molecule has 0 fully saturated rings. The molecule has 3 N–H and O–H groups in total. The third kappa shape index (κ3) is 4.73. The minimum Gasteiger partial charge on any atom is -0.508 e. The molecule has 0 saturated carbocycles. The molecule has 1 aromatic carbocycles. The summed E-state index contributed by atoms with van der Waals surface area (Å²) in [6, 6.07) is 4.90. The van der Waals surface area contributed by atoms with Crippen molar-refractivity contribution < 1.29 is 14.6 Å². The fraction of sp³-hybridized carbons (Fsp3) is 0.462. The summed E-state index contributed by atoms with van der Waals surface area (Å²) in [7, 11) is 1.65. The third-order valence-electron chi connectivity index (χ3n) is 2.54. The van der Waals surface area contributed by atoms with Crippen LogP contribution < -0.4 is 10.6 Å². The number of phenols is 1. The van der Waals surface area contributed by atoms with Crippen LogP contribution in [0.3, 0.4) is 0 Å². The fourth-order valence-electron chi connectivity index (χ4n) is 1.42. The van der Waals surface area contributed by atoms with Crippen LogP contribution in [0.25, 0.3) is 0 Å². The number of carbonyl (C=O) groups is 1. The number of aryl methyl sites for hydroxylation is 1. The number of nitrogens with one attached hydrogen (secondary N) is 2. The second-order valence-electron chi connectivity index (χ2n) is 4.00. The lowest BCUT2D eigenvalue weighted by Crippen LogP contribution is -2.33. The lowest BCUT2D eigenvalue weighted by molar-refractivity contribution is 0.0953. The van der Waals surface area contributed by atoms with E-state index in [1.807, 2.05) is 0 Å². The van der Waals surface area contributed by atoms with E-state index in [9.17, 15) is 9.90 Å². The average Bonchev–Trinajstić information content (AvgIpc) is 2.36. The summed E-state index contributed by atoms with van der Waals surface area (Å²) in [5.41, 5.74) is 1.22. The van der Waals surface area contributed by atoms with Gasteiger partial charge in [-0.2, -0.15) is 0 Å². The molecule has 0 aliphatic carbocycles. The Morgan fingerprint density at radius 3 is 2.78 bits per heavy atom. The number of methoxy groups -OCH3 is 1. The number of benzene rings is 1. The van der Waals surface area contributed by atoms with Crippen LogP contribution in [-0.4, -0.2) is 44.4 Å². The van der Waals surface area contributed by atoms with Crippen LogP contribution in [0.4, 0.5) is 0 Å². The first kappa shape index (κ1) is 14.5. The van der Waals surface area contributed by atoms with Crippen molar-refractivity contribution in [3.63, 3.8) is 0 Å². The normalized spacial score (nSPS) is 10.3.